The molecular weight excluding hydrogens is 210 g/mol. The molecule has 1 aliphatic rings. The van der Waals surface area contributed by atoms with Crippen molar-refractivity contribution < 1.29 is 4.79 Å². The van der Waals surface area contributed by atoms with Crippen LogP contribution in [0.15, 0.2) is 0 Å². The first-order valence-corrected chi connectivity index (χ1v) is 7.28. The molecular formula is C15H29NO. The molecule has 2 heteroatoms. The fourth-order valence-electron chi connectivity index (χ4n) is 3.11. The number of hydrogen-bond acceptors (Lipinski definition) is 2. The molecule has 100 valence electrons. The van der Waals surface area contributed by atoms with E-state index in [1.807, 2.05) is 0 Å². The van der Waals surface area contributed by atoms with E-state index in [1.165, 1.54) is 38.6 Å². The van der Waals surface area contributed by atoms with Crippen LogP contribution in [0.5, 0.6) is 0 Å². The summed E-state index contributed by atoms with van der Waals surface area (Å²) in [6.07, 6.45) is 6.98. The van der Waals surface area contributed by atoms with Crippen LogP contribution in [-0.2, 0) is 4.79 Å². The van der Waals surface area contributed by atoms with Crippen molar-refractivity contribution >= 4 is 6.29 Å². The van der Waals surface area contributed by atoms with E-state index in [9.17, 15) is 4.79 Å². The summed E-state index contributed by atoms with van der Waals surface area (Å²) in [6, 6.07) is 0. The Balaban J connectivity index is 2.63. The van der Waals surface area contributed by atoms with Crippen molar-refractivity contribution in [2.75, 3.05) is 19.6 Å². The van der Waals surface area contributed by atoms with Gasteiger partial charge in [0.1, 0.15) is 6.29 Å². The molecule has 1 heterocycles. The van der Waals surface area contributed by atoms with Crippen molar-refractivity contribution in [1.82, 2.24) is 4.90 Å². The molecule has 0 aromatic carbocycles. The van der Waals surface area contributed by atoms with E-state index in [4.69, 9.17) is 0 Å². The molecule has 1 saturated heterocycles. The Morgan fingerprint density at radius 1 is 1.18 bits per heavy atom. The first kappa shape index (κ1) is 14.7. The number of aldehydes is 1. The van der Waals surface area contributed by atoms with Crippen molar-refractivity contribution in [2.24, 2.45) is 10.8 Å². The van der Waals surface area contributed by atoms with Gasteiger partial charge < -0.3 is 9.69 Å². The lowest BCUT2D eigenvalue weighted by atomic mass is 9.81. The summed E-state index contributed by atoms with van der Waals surface area (Å²) >= 11 is 0. The van der Waals surface area contributed by atoms with Crippen molar-refractivity contribution in [3.05, 3.63) is 0 Å². The molecule has 0 atom stereocenters. The van der Waals surface area contributed by atoms with Crippen molar-refractivity contribution in [2.45, 2.75) is 59.8 Å². The molecule has 2 nitrogen and oxygen atoms in total. The third-order valence-corrected chi connectivity index (χ3v) is 5.21. The third-order valence-electron chi connectivity index (χ3n) is 5.21. The van der Waals surface area contributed by atoms with Gasteiger partial charge in [0, 0.05) is 18.5 Å². The molecule has 1 aliphatic heterocycles. The minimum absolute atomic E-state index is 0.0996. The van der Waals surface area contributed by atoms with Gasteiger partial charge >= 0.3 is 0 Å². The van der Waals surface area contributed by atoms with Crippen LogP contribution >= 0.6 is 0 Å². The lowest BCUT2D eigenvalue weighted by molar-refractivity contribution is -0.117. The van der Waals surface area contributed by atoms with Gasteiger partial charge in [-0.25, -0.2) is 0 Å². The second-order valence-electron chi connectivity index (χ2n) is 5.86. The van der Waals surface area contributed by atoms with Crippen LogP contribution in [0.3, 0.4) is 0 Å². The molecule has 0 amide bonds. The van der Waals surface area contributed by atoms with Gasteiger partial charge in [-0.2, -0.15) is 0 Å². The van der Waals surface area contributed by atoms with Gasteiger partial charge in [-0.05, 0) is 44.1 Å². The Hall–Kier alpha value is -0.370. The minimum Gasteiger partial charge on any atom is -0.303 e. The number of hydrogen-bond donors (Lipinski definition) is 0. The number of carbonyl (C=O) groups is 1. The van der Waals surface area contributed by atoms with Crippen LogP contribution in [0.1, 0.15) is 59.8 Å². The fraction of sp³-hybridized carbons (Fsp3) is 0.933. The van der Waals surface area contributed by atoms with Crippen LogP contribution in [-0.4, -0.2) is 30.8 Å². The Bertz CT molecular complexity index is 241. The fourth-order valence-corrected chi connectivity index (χ4v) is 3.11. The number of nitrogens with zero attached hydrogens (tertiary/aromatic N) is 1. The van der Waals surface area contributed by atoms with Crippen LogP contribution in [0.25, 0.3) is 0 Å². The van der Waals surface area contributed by atoms with Crippen molar-refractivity contribution in [1.29, 1.82) is 0 Å². The lowest BCUT2D eigenvalue weighted by Gasteiger charge is -2.32. The summed E-state index contributed by atoms with van der Waals surface area (Å²) in [4.78, 5) is 13.9. The quantitative estimate of drug-likeness (QED) is 0.634. The standard InChI is InChI=1S/C15H29NO/c1-5-14(6-2)9-10-16(11-14)12-15(7-3,8-4)13-17/h13H,5-12H2,1-4H3. The molecule has 0 unspecified atom stereocenters. The monoisotopic (exact) mass is 239 g/mol. The minimum atomic E-state index is -0.0996. The second-order valence-corrected chi connectivity index (χ2v) is 5.86. The number of rotatable bonds is 7. The van der Waals surface area contributed by atoms with E-state index in [0.29, 0.717) is 5.41 Å². The molecule has 0 bridgehead atoms. The van der Waals surface area contributed by atoms with E-state index < -0.39 is 0 Å². The topological polar surface area (TPSA) is 20.3 Å². The third kappa shape index (κ3) is 3.09. The second kappa shape index (κ2) is 5.99. The van der Waals surface area contributed by atoms with Gasteiger partial charge in [-0.3, -0.25) is 0 Å². The molecule has 0 aromatic heterocycles. The Labute approximate surface area is 107 Å². The maximum Gasteiger partial charge on any atom is 0.127 e. The maximum absolute atomic E-state index is 11.4. The molecule has 17 heavy (non-hydrogen) atoms. The summed E-state index contributed by atoms with van der Waals surface area (Å²) in [6.45, 7) is 12.2. The average Bonchev–Trinajstić information content (AvgIpc) is 2.80. The summed E-state index contributed by atoms with van der Waals surface area (Å²) < 4.78 is 0. The van der Waals surface area contributed by atoms with Crippen LogP contribution < -0.4 is 0 Å². The normalized spacial score (nSPS) is 20.7. The molecule has 0 spiro atoms. The predicted molar refractivity (Wildman–Crippen MR) is 73.2 cm³/mol. The average molecular weight is 239 g/mol. The van der Waals surface area contributed by atoms with Crippen molar-refractivity contribution in [3.8, 4) is 0 Å². The highest BCUT2D eigenvalue weighted by Crippen LogP contribution is 2.38. The number of likely N-dealkylation sites (tertiary alicyclic amines) is 1. The largest absolute Gasteiger partial charge is 0.303 e. The smallest absolute Gasteiger partial charge is 0.127 e. The Kier molecular flexibility index (Phi) is 5.18. The zero-order valence-electron chi connectivity index (χ0n) is 12.1. The number of carbonyl (C=O) groups excluding carboxylic acids is 1. The summed E-state index contributed by atoms with van der Waals surface area (Å²) in [5, 5.41) is 0. The highest BCUT2D eigenvalue weighted by Gasteiger charge is 2.38. The summed E-state index contributed by atoms with van der Waals surface area (Å²) in [7, 11) is 0. The predicted octanol–water partition coefficient (Wildman–Crippen LogP) is 3.50. The van der Waals surface area contributed by atoms with E-state index >= 15 is 0 Å². The molecule has 0 radical (unpaired) electrons. The first-order valence-electron chi connectivity index (χ1n) is 7.28. The zero-order chi connectivity index (χ0) is 12.9. The van der Waals surface area contributed by atoms with Crippen LogP contribution in [0.2, 0.25) is 0 Å². The molecule has 0 N–H and O–H groups in total. The Morgan fingerprint density at radius 2 is 1.76 bits per heavy atom. The highest BCUT2D eigenvalue weighted by atomic mass is 16.1. The molecule has 0 saturated carbocycles. The maximum atomic E-state index is 11.4. The van der Waals surface area contributed by atoms with Gasteiger partial charge in [0.25, 0.3) is 0 Å². The first-order chi connectivity index (χ1) is 8.09. The lowest BCUT2D eigenvalue weighted by Crippen LogP contribution is -2.38. The van der Waals surface area contributed by atoms with Crippen molar-refractivity contribution in [3.63, 3.8) is 0 Å². The molecule has 0 aromatic rings. The van der Waals surface area contributed by atoms with Gasteiger partial charge in [0.15, 0.2) is 0 Å². The van der Waals surface area contributed by atoms with Gasteiger partial charge in [0.2, 0.25) is 0 Å². The zero-order valence-corrected chi connectivity index (χ0v) is 12.1. The van der Waals surface area contributed by atoms with Crippen LogP contribution in [0.4, 0.5) is 0 Å². The molecule has 0 aliphatic carbocycles. The van der Waals surface area contributed by atoms with Gasteiger partial charge in [0.05, 0.1) is 0 Å². The Morgan fingerprint density at radius 3 is 2.12 bits per heavy atom. The summed E-state index contributed by atoms with van der Waals surface area (Å²) in [5.41, 5.74) is 0.424. The molecule has 1 fully saturated rings. The van der Waals surface area contributed by atoms with E-state index in [-0.39, 0.29) is 5.41 Å². The van der Waals surface area contributed by atoms with E-state index in [0.717, 1.165) is 19.4 Å². The van der Waals surface area contributed by atoms with Gasteiger partial charge in [-0.15, -0.1) is 0 Å². The van der Waals surface area contributed by atoms with E-state index in [2.05, 4.69) is 32.6 Å². The molecule has 1 rings (SSSR count). The highest BCUT2D eigenvalue weighted by molar-refractivity contribution is 5.59. The van der Waals surface area contributed by atoms with Crippen LogP contribution in [0, 0.1) is 10.8 Å². The van der Waals surface area contributed by atoms with E-state index in [1.54, 1.807) is 0 Å². The van der Waals surface area contributed by atoms with Gasteiger partial charge in [-0.1, -0.05) is 27.7 Å². The SMILES string of the molecule is CCC(C=O)(CC)CN1CCC(CC)(CC)C1. The summed E-state index contributed by atoms with van der Waals surface area (Å²) in [5.74, 6) is 0.